The molecule has 0 atom stereocenters. The lowest BCUT2D eigenvalue weighted by Crippen LogP contribution is -2.22. The Morgan fingerprint density at radius 2 is 1.71 bits per heavy atom. The van der Waals surface area contributed by atoms with Gasteiger partial charge in [-0.3, -0.25) is 4.72 Å². The maximum atomic E-state index is 12.2. The standard InChI is InChI=1S/C9H11F3N2O2S/c10-9(11,12)7-1-3-8(4-2-7)14-17(15,16)6-5-13/h1-4,14H,5-6,13H2. The van der Waals surface area contributed by atoms with Crippen LogP contribution in [-0.4, -0.2) is 20.7 Å². The Morgan fingerprint density at radius 3 is 2.12 bits per heavy atom. The molecule has 0 fully saturated rings. The SMILES string of the molecule is NCCS(=O)(=O)Nc1ccc(C(F)(F)F)cc1. The van der Waals surface area contributed by atoms with E-state index in [-0.39, 0.29) is 18.0 Å². The van der Waals surface area contributed by atoms with E-state index in [1.165, 1.54) is 0 Å². The number of alkyl halides is 3. The summed E-state index contributed by atoms with van der Waals surface area (Å²) in [5.74, 6) is -0.284. The van der Waals surface area contributed by atoms with Crippen LogP contribution in [-0.2, 0) is 16.2 Å². The summed E-state index contributed by atoms with van der Waals surface area (Å²) in [4.78, 5) is 0. The predicted octanol–water partition coefficient (Wildman–Crippen LogP) is 1.41. The summed E-state index contributed by atoms with van der Waals surface area (Å²) in [5, 5.41) is 0. The van der Waals surface area contributed by atoms with Crippen LogP contribution < -0.4 is 10.5 Å². The van der Waals surface area contributed by atoms with E-state index in [9.17, 15) is 21.6 Å². The molecule has 0 bridgehead atoms. The second kappa shape index (κ2) is 4.92. The minimum atomic E-state index is -4.44. The Bertz CT molecular complexity index is 468. The molecule has 0 saturated heterocycles. The number of sulfonamides is 1. The van der Waals surface area contributed by atoms with Crippen molar-refractivity contribution >= 4 is 15.7 Å². The van der Waals surface area contributed by atoms with E-state index in [1.807, 2.05) is 0 Å². The molecule has 0 aliphatic rings. The van der Waals surface area contributed by atoms with Gasteiger partial charge in [0.15, 0.2) is 0 Å². The first-order chi connectivity index (χ1) is 7.74. The van der Waals surface area contributed by atoms with E-state index in [1.54, 1.807) is 0 Å². The fourth-order valence-electron chi connectivity index (χ4n) is 1.11. The highest BCUT2D eigenvalue weighted by Gasteiger charge is 2.30. The van der Waals surface area contributed by atoms with Crippen LogP contribution in [0, 0.1) is 0 Å². The van der Waals surface area contributed by atoms with Gasteiger partial charge in [-0.15, -0.1) is 0 Å². The monoisotopic (exact) mass is 268 g/mol. The second-order valence-electron chi connectivity index (χ2n) is 3.28. The third-order valence-electron chi connectivity index (χ3n) is 1.87. The molecule has 0 radical (unpaired) electrons. The van der Waals surface area contributed by atoms with Crippen LogP contribution in [0.3, 0.4) is 0 Å². The van der Waals surface area contributed by atoms with Crippen LogP contribution in [0.2, 0.25) is 0 Å². The molecule has 3 N–H and O–H groups in total. The zero-order valence-electron chi connectivity index (χ0n) is 8.66. The van der Waals surface area contributed by atoms with Crippen LogP contribution >= 0.6 is 0 Å². The van der Waals surface area contributed by atoms with Crippen molar-refractivity contribution in [3.05, 3.63) is 29.8 Å². The van der Waals surface area contributed by atoms with E-state index in [0.29, 0.717) is 0 Å². The van der Waals surface area contributed by atoms with Crippen LogP contribution in [0.5, 0.6) is 0 Å². The minimum absolute atomic E-state index is 0.0596. The predicted molar refractivity (Wildman–Crippen MR) is 57.9 cm³/mol. The zero-order valence-corrected chi connectivity index (χ0v) is 9.48. The van der Waals surface area contributed by atoms with Crippen molar-refractivity contribution in [2.75, 3.05) is 17.0 Å². The van der Waals surface area contributed by atoms with Crippen molar-refractivity contribution in [3.8, 4) is 0 Å². The van der Waals surface area contributed by atoms with Crippen LogP contribution in [0.4, 0.5) is 18.9 Å². The molecule has 0 unspecified atom stereocenters. The van der Waals surface area contributed by atoms with E-state index in [0.717, 1.165) is 24.3 Å². The maximum Gasteiger partial charge on any atom is 0.416 e. The van der Waals surface area contributed by atoms with Crippen molar-refractivity contribution in [2.24, 2.45) is 5.73 Å². The Kier molecular flexibility index (Phi) is 3.99. The maximum absolute atomic E-state index is 12.2. The molecular formula is C9H11F3N2O2S. The smallest absolute Gasteiger partial charge is 0.329 e. The van der Waals surface area contributed by atoms with Gasteiger partial charge in [-0.05, 0) is 24.3 Å². The third kappa shape index (κ3) is 4.23. The first-order valence-corrected chi connectivity index (χ1v) is 6.27. The molecule has 4 nitrogen and oxygen atoms in total. The molecule has 0 aliphatic heterocycles. The Balaban J connectivity index is 2.83. The van der Waals surface area contributed by atoms with Gasteiger partial charge in [0.25, 0.3) is 0 Å². The first kappa shape index (κ1) is 13.8. The quantitative estimate of drug-likeness (QED) is 0.867. The highest BCUT2D eigenvalue weighted by molar-refractivity contribution is 7.92. The fourth-order valence-corrected chi connectivity index (χ4v) is 2.02. The Morgan fingerprint density at radius 1 is 1.18 bits per heavy atom. The molecule has 8 heteroatoms. The van der Waals surface area contributed by atoms with E-state index in [2.05, 4.69) is 4.72 Å². The van der Waals surface area contributed by atoms with Crippen LogP contribution in [0.25, 0.3) is 0 Å². The molecule has 1 aromatic carbocycles. The van der Waals surface area contributed by atoms with Crippen LogP contribution in [0.1, 0.15) is 5.56 Å². The third-order valence-corrected chi connectivity index (χ3v) is 3.19. The lowest BCUT2D eigenvalue weighted by atomic mass is 10.2. The molecule has 0 aliphatic carbocycles. The Hall–Kier alpha value is -1.28. The fraction of sp³-hybridized carbons (Fsp3) is 0.333. The molecule has 0 heterocycles. The Labute approximate surface area is 96.7 Å². The number of hydrogen-bond donors (Lipinski definition) is 2. The summed E-state index contributed by atoms with van der Waals surface area (Å²) in [7, 11) is -3.59. The summed E-state index contributed by atoms with van der Waals surface area (Å²) in [6.45, 7) is -0.0596. The van der Waals surface area contributed by atoms with Crippen molar-refractivity contribution in [1.82, 2.24) is 0 Å². The zero-order chi connectivity index (χ0) is 13.1. The van der Waals surface area contributed by atoms with Crippen molar-refractivity contribution in [3.63, 3.8) is 0 Å². The van der Waals surface area contributed by atoms with Gasteiger partial charge in [0.2, 0.25) is 10.0 Å². The normalized spacial score (nSPS) is 12.5. The highest BCUT2D eigenvalue weighted by atomic mass is 32.2. The number of benzene rings is 1. The average molecular weight is 268 g/mol. The van der Waals surface area contributed by atoms with Gasteiger partial charge < -0.3 is 5.73 Å². The van der Waals surface area contributed by atoms with E-state index in [4.69, 9.17) is 5.73 Å². The molecular weight excluding hydrogens is 257 g/mol. The lowest BCUT2D eigenvalue weighted by Gasteiger charge is -2.09. The topological polar surface area (TPSA) is 72.2 Å². The van der Waals surface area contributed by atoms with Gasteiger partial charge in [0, 0.05) is 12.2 Å². The number of nitrogens with two attached hydrogens (primary N) is 1. The van der Waals surface area contributed by atoms with E-state index >= 15 is 0 Å². The number of hydrogen-bond acceptors (Lipinski definition) is 3. The van der Waals surface area contributed by atoms with Crippen molar-refractivity contribution in [1.29, 1.82) is 0 Å². The second-order valence-corrected chi connectivity index (χ2v) is 5.13. The van der Waals surface area contributed by atoms with Gasteiger partial charge in [0.05, 0.1) is 11.3 Å². The largest absolute Gasteiger partial charge is 0.416 e. The molecule has 0 aromatic heterocycles. The first-order valence-electron chi connectivity index (χ1n) is 4.62. The summed E-state index contributed by atoms with van der Waals surface area (Å²) < 4.78 is 61.3. The number of anilines is 1. The van der Waals surface area contributed by atoms with Crippen molar-refractivity contribution < 1.29 is 21.6 Å². The average Bonchev–Trinajstić information content (AvgIpc) is 2.16. The number of nitrogens with one attached hydrogen (secondary N) is 1. The van der Waals surface area contributed by atoms with Gasteiger partial charge in [0.1, 0.15) is 0 Å². The van der Waals surface area contributed by atoms with E-state index < -0.39 is 21.8 Å². The molecule has 1 aromatic rings. The van der Waals surface area contributed by atoms with Crippen molar-refractivity contribution in [2.45, 2.75) is 6.18 Å². The summed E-state index contributed by atoms with van der Waals surface area (Å²) >= 11 is 0. The highest BCUT2D eigenvalue weighted by Crippen LogP contribution is 2.29. The summed E-state index contributed by atoms with van der Waals surface area (Å²) in [6, 6.07) is 3.72. The minimum Gasteiger partial charge on any atom is -0.329 e. The van der Waals surface area contributed by atoms with Gasteiger partial charge in [-0.25, -0.2) is 8.42 Å². The summed E-state index contributed by atoms with van der Waals surface area (Å²) in [6.07, 6.45) is -4.44. The molecule has 96 valence electrons. The lowest BCUT2D eigenvalue weighted by molar-refractivity contribution is -0.137. The molecule has 0 amide bonds. The van der Waals surface area contributed by atoms with Gasteiger partial charge in [-0.2, -0.15) is 13.2 Å². The number of rotatable bonds is 4. The van der Waals surface area contributed by atoms with Gasteiger partial charge >= 0.3 is 6.18 Å². The van der Waals surface area contributed by atoms with Crippen LogP contribution in [0.15, 0.2) is 24.3 Å². The van der Waals surface area contributed by atoms with Gasteiger partial charge in [-0.1, -0.05) is 0 Å². The number of halogens is 3. The molecule has 0 saturated carbocycles. The molecule has 1 rings (SSSR count). The molecule has 17 heavy (non-hydrogen) atoms. The molecule has 0 spiro atoms. The summed E-state index contributed by atoms with van der Waals surface area (Å²) in [5.41, 5.74) is 4.32.